The van der Waals surface area contributed by atoms with E-state index in [1.807, 2.05) is 0 Å². The molecule has 108 valence electrons. The van der Waals surface area contributed by atoms with E-state index in [0.717, 1.165) is 38.2 Å². The number of aromatic carboxylic acids is 2. The first-order chi connectivity index (χ1) is 9.54. The molecule has 0 aliphatic heterocycles. The van der Waals surface area contributed by atoms with Crippen molar-refractivity contribution < 1.29 is 22.9 Å². The minimum atomic E-state index is -1.65. The number of halogens is 1. The molecule has 1 fully saturated rings. The van der Waals surface area contributed by atoms with E-state index in [2.05, 4.69) is 0 Å². The molecule has 0 aromatic heterocycles. The topological polar surface area (TPSA) is 91.7 Å². The molecule has 1 aromatic rings. The molecule has 1 saturated carbocycles. The van der Waals surface area contributed by atoms with Crippen molar-refractivity contribution in [2.75, 3.05) is 0 Å². The van der Waals surface area contributed by atoms with Crippen LogP contribution >= 0.6 is 21.2 Å². The number of hydrogen-bond donors (Lipinski definition) is 2. The smallest absolute Gasteiger partial charge is 0.336 e. The molecule has 0 bridgehead atoms. The summed E-state index contributed by atoms with van der Waals surface area (Å²) in [6, 6.07) is 2.63. The zero-order valence-corrected chi connectivity index (χ0v) is 12.9. The van der Waals surface area contributed by atoms with Gasteiger partial charge in [-0.05, 0) is 36.5 Å². The fourth-order valence-electron chi connectivity index (χ4n) is 2.72. The molecule has 0 unspecified atom stereocenters. The van der Waals surface area contributed by atoms with Gasteiger partial charge in [-0.1, -0.05) is 19.3 Å². The van der Waals surface area contributed by atoms with Crippen LogP contribution in [0.2, 0.25) is 0 Å². The van der Waals surface area contributed by atoms with Gasteiger partial charge in [-0.15, -0.1) is 0 Å². The first-order valence-corrected chi connectivity index (χ1v) is 8.42. The van der Waals surface area contributed by atoms with Crippen LogP contribution < -0.4 is 0 Å². The lowest BCUT2D eigenvalue weighted by Gasteiger charge is -2.23. The number of carbonyl (C=O) groups is 2. The van der Waals surface area contributed by atoms with E-state index in [4.69, 9.17) is 5.11 Å². The quantitative estimate of drug-likeness (QED) is 0.767. The molecule has 6 heteroatoms. The fraction of sp³-hybridized carbons (Fsp3) is 0.429. The van der Waals surface area contributed by atoms with Gasteiger partial charge in [-0.3, -0.25) is 3.07 Å². The Hall–Kier alpha value is -1.31. The lowest BCUT2D eigenvalue weighted by atomic mass is 9.83. The predicted octanol–water partition coefficient (Wildman–Crippen LogP) is 3.62. The van der Waals surface area contributed by atoms with Crippen LogP contribution in [0.3, 0.4) is 0 Å². The molecule has 2 rings (SSSR count). The predicted molar refractivity (Wildman–Crippen MR) is 79.6 cm³/mol. The van der Waals surface area contributed by atoms with E-state index in [0.29, 0.717) is 9.13 Å². The van der Waals surface area contributed by atoms with E-state index < -0.39 is 33.1 Å². The average molecular weight is 390 g/mol. The third kappa shape index (κ3) is 3.05. The van der Waals surface area contributed by atoms with Crippen LogP contribution in [0.1, 0.15) is 64.3 Å². The second-order valence-electron chi connectivity index (χ2n) is 4.95. The molecule has 1 aromatic carbocycles. The molecule has 1 aliphatic rings. The standard InChI is InChI=1S/C14H15IO5/c16-13(17)9-6-10(8-4-2-1-3-5-8)12(15-20)11(7-9)14(18)19/h6-8H,1-5H2,(H,16,17)(H,18,19). The Labute approximate surface area is 126 Å². The molecule has 2 N–H and O–H groups in total. The van der Waals surface area contributed by atoms with Crippen LogP contribution in [0.4, 0.5) is 0 Å². The highest BCUT2D eigenvalue weighted by Gasteiger charge is 2.25. The zero-order valence-electron chi connectivity index (χ0n) is 10.8. The Morgan fingerprint density at radius 2 is 1.70 bits per heavy atom. The van der Waals surface area contributed by atoms with Gasteiger partial charge < -0.3 is 10.2 Å². The zero-order chi connectivity index (χ0) is 14.7. The fourth-order valence-corrected chi connectivity index (χ4v) is 4.20. The Morgan fingerprint density at radius 3 is 2.20 bits per heavy atom. The minimum Gasteiger partial charge on any atom is -0.478 e. The maximum absolute atomic E-state index is 11.5. The molecular weight excluding hydrogens is 375 g/mol. The van der Waals surface area contributed by atoms with E-state index in [9.17, 15) is 17.8 Å². The van der Waals surface area contributed by atoms with Gasteiger partial charge in [0.05, 0.1) is 14.7 Å². The molecule has 0 saturated heterocycles. The van der Waals surface area contributed by atoms with Crippen LogP contribution in [-0.4, -0.2) is 22.2 Å². The van der Waals surface area contributed by atoms with Gasteiger partial charge >= 0.3 is 11.9 Å². The van der Waals surface area contributed by atoms with Gasteiger partial charge in [-0.25, -0.2) is 9.59 Å². The van der Waals surface area contributed by atoms with Gasteiger partial charge in [0, 0.05) is 0 Å². The van der Waals surface area contributed by atoms with Gasteiger partial charge in [-0.2, -0.15) is 0 Å². The molecule has 1 aliphatic carbocycles. The molecular formula is C14H15IO5. The van der Waals surface area contributed by atoms with Crippen molar-refractivity contribution in [2.45, 2.75) is 38.0 Å². The van der Waals surface area contributed by atoms with Crippen LogP contribution in [0.25, 0.3) is 0 Å². The van der Waals surface area contributed by atoms with E-state index in [-0.39, 0.29) is 17.0 Å². The van der Waals surface area contributed by atoms with Crippen molar-refractivity contribution in [1.82, 2.24) is 0 Å². The highest BCUT2D eigenvalue weighted by molar-refractivity contribution is 14.1. The van der Waals surface area contributed by atoms with E-state index in [1.165, 1.54) is 6.07 Å². The van der Waals surface area contributed by atoms with Gasteiger partial charge in [0.2, 0.25) is 0 Å². The lowest BCUT2D eigenvalue weighted by molar-refractivity contribution is 0.0695. The van der Waals surface area contributed by atoms with Crippen molar-refractivity contribution in [3.05, 3.63) is 32.4 Å². The first kappa shape index (κ1) is 15.1. The summed E-state index contributed by atoms with van der Waals surface area (Å²) in [5.41, 5.74) is 0.516. The molecule has 0 radical (unpaired) electrons. The number of hydrogen-bond acceptors (Lipinski definition) is 3. The van der Waals surface area contributed by atoms with Crippen LogP contribution in [0.15, 0.2) is 12.1 Å². The summed E-state index contributed by atoms with van der Waals surface area (Å²) >= 11 is -1.65. The van der Waals surface area contributed by atoms with Crippen LogP contribution in [0.5, 0.6) is 0 Å². The second-order valence-corrected chi connectivity index (χ2v) is 6.47. The van der Waals surface area contributed by atoms with Crippen molar-refractivity contribution in [3.8, 4) is 0 Å². The number of carboxylic acid groups (broad SMARTS) is 2. The van der Waals surface area contributed by atoms with Crippen molar-refractivity contribution in [2.24, 2.45) is 0 Å². The lowest BCUT2D eigenvalue weighted by Crippen LogP contribution is -2.13. The van der Waals surface area contributed by atoms with E-state index >= 15 is 0 Å². The summed E-state index contributed by atoms with van der Waals surface area (Å²) in [4.78, 5) is 22.4. The van der Waals surface area contributed by atoms with Crippen molar-refractivity contribution >= 4 is 33.1 Å². The molecule has 5 nitrogen and oxygen atoms in total. The highest BCUT2D eigenvalue weighted by atomic mass is 127. The largest absolute Gasteiger partial charge is 0.478 e. The maximum atomic E-state index is 11.5. The summed E-state index contributed by atoms with van der Waals surface area (Å²) in [6.07, 6.45) is 5.03. The average Bonchev–Trinajstić information content (AvgIpc) is 2.46. The minimum absolute atomic E-state index is 0.0378. The third-order valence-electron chi connectivity index (χ3n) is 3.70. The van der Waals surface area contributed by atoms with Crippen LogP contribution in [0, 0.1) is 3.57 Å². The molecule has 0 heterocycles. The second kappa shape index (κ2) is 6.43. The molecule has 20 heavy (non-hydrogen) atoms. The molecule has 0 amide bonds. The van der Waals surface area contributed by atoms with Crippen molar-refractivity contribution in [1.29, 1.82) is 0 Å². The normalized spacial score (nSPS) is 16.0. The monoisotopic (exact) mass is 390 g/mol. The van der Waals surface area contributed by atoms with E-state index in [1.54, 1.807) is 0 Å². The number of rotatable bonds is 4. The highest BCUT2D eigenvalue weighted by Crippen LogP contribution is 2.37. The molecule has 0 atom stereocenters. The Balaban J connectivity index is 2.59. The summed E-state index contributed by atoms with van der Waals surface area (Å²) in [5.74, 6) is -2.24. The maximum Gasteiger partial charge on any atom is 0.336 e. The third-order valence-corrected chi connectivity index (χ3v) is 5.34. The van der Waals surface area contributed by atoms with Crippen LogP contribution in [-0.2, 0) is 3.07 Å². The van der Waals surface area contributed by atoms with Gasteiger partial charge in [0.25, 0.3) is 0 Å². The Bertz CT molecular complexity index is 561. The summed E-state index contributed by atoms with van der Waals surface area (Å²) < 4.78 is 11.9. The van der Waals surface area contributed by atoms with Gasteiger partial charge in [0.15, 0.2) is 21.2 Å². The summed E-state index contributed by atoms with van der Waals surface area (Å²) in [6.45, 7) is 0. The first-order valence-electron chi connectivity index (χ1n) is 6.46. The number of carboxylic acids is 2. The van der Waals surface area contributed by atoms with Crippen molar-refractivity contribution in [3.63, 3.8) is 0 Å². The Kier molecular flexibility index (Phi) is 4.85. The SMILES string of the molecule is O=Ic1c(C(=O)O)cc(C(=O)O)cc1C1CCCCC1. The molecule has 0 spiro atoms. The number of benzene rings is 1. The van der Waals surface area contributed by atoms with Gasteiger partial charge in [0.1, 0.15) is 0 Å². The summed E-state index contributed by atoms with van der Waals surface area (Å²) in [5, 5.41) is 18.3. The Morgan fingerprint density at radius 1 is 1.05 bits per heavy atom. The summed E-state index contributed by atoms with van der Waals surface area (Å²) in [7, 11) is 0.